The van der Waals surface area contributed by atoms with E-state index < -0.39 is 0 Å². The topological polar surface area (TPSA) is 51.8 Å². The lowest BCUT2D eigenvalue weighted by Gasteiger charge is -2.02. The van der Waals surface area contributed by atoms with Gasteiger partial charge in [-0.15, -0.1) is 0 Å². The van der Waals surface area contributed by atoms with Crippen molar-refractivity contribution in [2.45, 2.75) is 0 Å². The smallest absolute Gasteiger partial charge is 0.159 e. The molecule has 5 aromatic rings. The van der Waals surface area contributed by atoms with Gasteiger partial charge in [0.15, 0.2) is 11.2 Å². The monoisotopic (exact) mass is 297 g/mol. The number of pyridine rings is 3. The van der Waals surface area contributed by atoms with Crippen LogP contribution in [0, 0.1) is 0 Å². The van der Waals surface area contributed by atoms with E-state index in [0.717, 1.165) is 44.4 Å². The second kappa shape index (κ2) is 4.61. The summed E-state index contributed by atoms with van der Waals surface area (Å²) in [5.41, 5.74) is 4.01. The first kappa shape index (κ1) is 12.3. The number of para-hydroxylation sites is 1. The van der Waals surface area contributed by atoms with Gasteiger partial charge in [-0.3, -0.25) is 4.98 Å². The summed E-state index contributed by atoms with van der Waals surface area (Å²) >= 11 is 0. The van der Waals surface area contributed by atoms with Crippen molar-refractivity contribution in [2.24, 2.45) is 0 Å². The van der Waals surface area contributed by atoms with Crippen molar-refractivity contribution in [2.75, 3.05) is 0 Å². The Morgan fingerprint density at radius 2 is 1.70 bits per heavy atom. The standard InChI is InChI=1S/C19H11N3O/c1-2-6-17-13(5-1)14-10-16(21-11-18(14)23-17)15-8-7-12-4-3-9-20-19(12)22-15/h1-11H. The number of rotatable bonds is 1. The summed E-state index contributed by atoms with van der Waals surface area (Å²) in [6.45, 7) is 0. The zero-order chi connectivity index (χ0) is 15.2. The summed E-state index contributed by atoms with van der Waals surface area (Å²) < 4.78 is 5.82. The molecule has 0 radical (unpaired) electrons. The summed E-state index contributed by atoms with van der Waals surface area (Å²) in [6.07, 6.45) is 3.51. The van der Waals surface area contributed by atoms with Crippen LogP contribution in [0.15, 0.2) is 71.4 Å². The molecule has 4 nitrogen and oxygen atoms in total. The maximum Gasteiger partial charge on any atom is 0.159 e. The van der Waals surface area contributed by atoms with E-state index in [2.05, 4.69) is 21.0 Å². The van der Waals surface area contributed by atoms with Gasteiger partial charge in [0.2, 0.25) is 0 Å². The Labute approximate surface area is 131 Å². The van der Waals surface area contributed by atoms with E-state index in [1.165, 1.54) is 0 Å². The van der Waals surface area contributed by atoms with Gasteiger partial charge in [0, 0.05) is 22.4 Å². The Morgan fingerprint density at radius 3 is 2.70 bits per heavy atom. The van der Waals surface area contributed by atoms with Gasteiger partial charge < -0.3 is 4.42 Å². The van der Waals surface area contributed by atoms with Gasteiger partial charge in [-0.1, -0.05) is 18.2 Å². The highest BCUT2D eigenvalue weighted by molar-refractivity contribution is 6.05. The zero-order valence-corrected chi connectivity index (χ0v) is 12.1. The van der Waals surface area contributed by atoms with Crippen molar-refractivity contribution in [3.05, 3.63) is 67.0 Å². The quantitative estimate of drug-likeness (QED) is 0.454. The number of benzene rings is 1. The molecule has 0 saturated carbocycles. The molecule has 0 spiro atoms. The summed E-state index contributed by atoms with van der Waals surface area (Å²) in [7, 11) is 0. The summed E-state index contributed by atoms with van der Waals surface area (Å²) in [5.74, 6) is 0. The van der Waals surface area contributed by atoms with Gasteiger partial charge in [-0.25, -0.2) is 9.97 Å². The van der Waals surface area contributed by atoms with E-state index >= 15 is 0 Å². The van der Waals surface area contributed by atoms with Crippen LogP contribution in [0.1, 0.15) is 0 Å². The molecule has 4 heterocycles. The summed E-state index contributed by atoms with van der Waals surface area (Å²) in [6, 6.07) is 17.9. The summed E-state index contributed by atoms with van der Waals surface area (Å²) in [4.78, 5) is 13.4. The van der Waals surface area contributed by atoms with Crippen LogP contribution in [0.2, 0.25) is 0 Å². The van der Waals surface area contributed by atoms with Crippen molar-refractivity contribution >= 4 is 33.0 Å². The Hall–Kier alpha value is -3.27. The molecule has 0 fully saturated rings. The average Bonchev–Trinajstić information content (AvgIpc) is 2.99. The molecule has 0 aliphatic heterocycles. The van der Waals surface area contributed by atoms with Crippen molar-refractivity contribution in [3.63, 3.8) is 0 Å². The van der Waals surface area contributed by atoms with Crippen molar-refractivity contribution in [3.8, 4) is 11.4 Å². The predicted molar refractivity (Wildman–Crippen MR) is 90.0 cm³/mol. The molecule has 0 unspecified atom stereocenters. The van der Waals surface area contributed by atoms with E-state index in [9.17, 15) is 0 Å². The zero-order valence-electron chi connectivity index (χ0n) is 12.1. The highest BCUT2D eigenvalue weighted by atomic mass is 16.3. The molecule has 108 valence electrons. The molecule has 0 amide bonds. The average molecular weight is 297 g/mol. The minimum Gasteiger partial charge on any atom is -0.454 e. The van der Waals surface area contributed by atoms with Gasteiger partial charge in [0.25, 0.3) is 0 Å². The van der Waals surface area contributed by atoms with Crippen LogP contribution in [0.4, 0.5) is 0 Å². The molecule has 23 heavy (non-hydrogen) atoms. The van der Waals surface area contributed by atoms with E-state index in [1.54, 1.807) is 12.4 Å². The molecule has 1 aromatic carbocycles. The SMILES string of the molecule is c1cnc2nc(-c3cc4c(cn3)oc3ccccc34)ccc2c1. The van der Waals surface area contributed by atoms with Gasteiger partial charge in [0.05, 0.1) is 17.6 Å². The van der Waals surface area contributed by atoms with E-state index in [4.69, 9.17) is 4.42 Å². The van der Waals surface area contributed by atoms with Crippen LogP contribution in [-0.4, -0.2) is 15.0 Å². The predicted octanol–water partition coefficient (Wildman–Crippen LogP) is 4.59. The second-order valence-electron chi connectivity index (χ2n) is 5.41. The largest absolute Gasteiger partial charge is 0.454 e. The number of fused-ring (bicyclic) bond motifs is 4. The molecular formula is C19H11N3O. The third kappa shape index (κ3) is 1.89. The highest BCUT2D eigenvalue weighted by Gasteiger charge is 2.10. The van der Waals surface area contributed by atoms with E-state index in [1.807, 2.05) is 48.5 Å². The Morgan fingerprint density at radius 1 is 0.739 bits per heavy atom. The maximum absolute atomic E-state index is 5.82. The number of hydrogen-bond donors (Lipinski definition) is 0. The first-order chi connectivity index (χ1) is 11.4. The Kier molecular flexibility index (Phi) is 2.46. The van der Waals surface area contributed by atoms with Crippen molar-refractivity contribution in [1.82, 2.24) is 15.0 Å². The molecule has 0 aliphatic rings. The van der Waals surface area contributed by atoms with Gasteiger partial charge in [0.1, 0.15) is 5.58 Å². The summed E-state index contributed by atoms with van der Waals surface area (Å²) in [5, 5.41) is 3.16. The lowest BCUT2D eigenvalue weighted by molar-refractivity contribution is 0.667. The molecular weight excluding hydrogens is 286 g/mol. The van der Waals surface area contributed by atoms with Crippen LogP contribution in [0.3, 0.4) is 0 Å². The fraction of sp³-hybridized carbons (Fsp3) is 0. The minimum absolute atomic E-state index is 0.726. The van der Waals surface area contributed by atoms with Gasteiger partial charge >= 0.3 is 0 Å². The molecule has 5 rings (SSSR count). The molecule has 0 aliphatic carbocycles. The minimum atomic E-state index is 0.726. The molecule has 0 saturated heterocycles. The van der Waals surface area contributed by atoms with Crippen molar-refractivity contribution < 1.29 is 4.42 Å². The fourth-order valence-corrected chi connectivity index (χ4v) is 2.87. The Bertz CT molecular complexity index is 1180. The number of nitrogens with zero attached hydrogens (tertiary/aromatic N) is 3. The second-order valence-corrected chi connectivity index (χ2v) is 5.41. The number of aromatic nitrogens is 3. The molecule has 0 bridgehead atoms. The highest BCUT2D eigenvalue weighted by Crippen LogP contribution is 2.30. The molecule has 0 N–H and O–H groups in total. The molecule has 4 aromatic heterocycles. The number of hydrogen-bond acceptors (Lipinski definition) is 4. The normalized spacial score (nSPS) is 11.5. The fourth-order valence-electron chi connectivity index (χ4n) is 2.87. The first-order valence-corrected chi connectivity index (χ1v) is 7.38. The van der Waals surface area contributed by atoms with Gasteiger partial charge in [-0.2, -0.15) is 0 Å². The van der Waals surface area contributed by atoms with Crippen LogP contribution in [0.25, 0.3) is 44.4 Å². The number of furan rings is 1. The van der Waals surface area contributed by atoms with Crippen LogP contribution >= 0.6 is 0 Å². The maximum atomic E-state index is 5.82. The third-order valence-electron chi connectivity index (χ3n) is 3.99. The lowest BCUT2D eigenvalue weighted by Crippen LogP contribution is -1.89. The van der Waals surface area contributed by atoms with Crippen molar-refractivity contribution in [1.29, 1.82) is 0 Å². The Balaban J connectivity index is 1.76. The lowest BCUT2D eigenvalue weighted by atomic mass is 10.1. The van der Waals surface area contributed by atoms with Crippen LogP contribution in [-0.2, 0) is 0 Å². The van der Waals surface area contributed by atoms with Gasteiger partial charge in [-0.05, 0) is 36.4 Å². The van der Waals surface area contributed by atoms with E-state index in [-0.39, 0.29) is 0 Å². The first-order valence-electron chi connectivity index (χ1n) is 7.38. The van der Waals surface area contributed by atoms with E-state index in [0.29, 0.717) is 0 Å². The molecule has 0 atom stereocenters. The van der Waals surface area contributed by atoms with Crippen LogP contribution in [0.5, 0.6) is 0 Å². The third-order valence-corrected chi connectivity index (χ3v) is 3.99. The van der Waals surface area contributed by atoms with Crippen LogP contribution < -0.4 is 0 Å². The molecule has 4 heteroatoms.